The molecule has 0 radical (unpaired) electrons. The molecule has 1 unspecified atom stereocenters. The van der Waals surface area contributed by atoms with Gasteiger partial charge in [-0.1, -0.05) is 0 Å². The van der Waals surface area contributed by atoms with Crippen LogP contribution in [0.1, 0.15) is 41.5 Å². The smallest absolute Gasteiger partial charge is 0.303 e. The third-order valence-electron chi connectivity index (χ3n) is 6.61. The van der Waals surface area contributed by atoms with E-state index >= 15 is 0 Å². The quantitative estimate of drug-likeness (QED) is 0.238. The van der Waals surface area contributed by atoms with Crippen molar-refractivity contribution in [2.45, 2.75) is 102 Å². The van der Waals surface area contributed by atoms with Gasteiger partial charge in [-0.3, -0.25) is 28.8 Å². The summed E-state index contributed by atoms with van der Waals surface area (Å²) in [5.74, 6) is -4.84. The van der Waals surface area contributed by atoms with Crippen LogP contribution in [0.5, 0.6) is 0 Å². The highest BCUT2D eigenvalue weighted by atomic mass is 16.8. The van der Waals surface area contributed by atoms with Crippen LogP contribution in [0.15, 0.2) is 0 Å². The first-order chi connectivity index (χ1) is 20.2. The number of carbonyl (C=O) groups excluding carboxylic acids is 6. The van der Waals surface area contributed by atoms with Gasteiger partial charge in [-0.25, -0.2) is 0 Å². The van der Waals surface area contributed by atoms with Crippen molar-refractivity contribution in [1.82, 2.24) is 0 Å². The average Bonchev–Trinajstić information content (AvgIpc) is 2.88. The van der Waals surface area contributed by atoms with Gasteiger partial charge in [0, 0.05) is 48.7 Å². The number of esters is 6. The second kappa shape index (κ2) is 14.4. The number of ether oxygens (including phenoxy) is 11. The first-order valence-electron chi connectivity index (χ1n) is 13.3. The van der Waals surface area contributed by atoms with E-state index in [0.717, 1.165) is 41.5 Å². The van der Waals surface area contributed by atoms with E-state index in [9.17, 15) is 28.8 Å². The van der Waals surface area contributed by atoms with E-state index in [1.165, 1.54) is 7.11 Å². The molecule has 242 valence electrons. The lowest BCUT2D eigenvalue weighted by Crippen LogP contribution is -2.73. The van der Waals surface area contributed by atoms with Crippen LogP contribution in [-0.4, -0.2) is 124 Å². The zero-order valence-electron chi connectivity index (χ0n) is 24.8. The van der Waals surface area contributed by atoms with Crippen LogP contribution in [0.3, 0.4) is 0 Å². The number of rotatable bonds is 8. The van der Waals surface area contributed by atoms with Crippen molar-refractivity contribution in [3.8, 4) is 0 Å². The maximum absolute atomic E-state index is 12.4. The predicted molar refractivity (Wildman–Crippen MR) is 133 cm³/mol. The lowest BCUT2D eigenvalue weighted by molar-refractivity contribution is -0.377. The summed E-state index contributed by atoms with van der Waals surface area (Å²) in [7, 11) is 1.26. The molecule has 0 aromatic heterocycles. The van der Waals surface area contributed by atoms with E-state index in [0.29, 0.717) is 0 Å². The SMILES string of the molecule is CO[C@@H]1O[C@@H]2CO[C@H](COC(C)=O)[C@@]3(OC(C)=O)CO[C@@H](OC2[C@H](OC(C)=O)[C@H]1OC(C)=O)[C@H](OC(C)=O)[C@H]3OC(C)=O. The minimum Gasteiger partial charge on any atom is -0.463 e. The van der Waals surface area contributed by atoms with Gasteiger partial charge in [0.05, 0.1) is 13.2 Å². The fourth-order valence-electron chi connectivity index (χ4n) is 5.18. The van der Waals surface area contributed by atoms with Crippen molar-refractivity contribution in [2.24, 2.45) is 0 Å². The van der Waals surface area contributed by atoms with Crippen LogP contribution in [0.2, 0.25) is 0 Å². The summed E-state index contributed by atoms with van der Waals surface area (Å²) in [5, 5.41) is 0. The standard InChI is InChI=1S/C26H36O17/c1-11(27)34-9-18-26(43-16(6)32)10-36-25(22(39-14(4)30)23(26)40-15(5)31)42-19-17(8-35-18)41-24(33-7)21(38-13(3)29)20(19)37-12(2)28/h17-25H,8-10H2,1-7H3/t17-,18-,19?,20+,21-,22-,23-,24-,25+,26+/m1/s1. The molecule has 0 amide bonds. The third-order valence-corrected chi connectivity index (χ3v) is 6.61. The Bertz CT molecular complexity index is 1080. The molecular formula is C26H36O17. The number of fused-ring (bicyclic) bond motifs is 4. The molecule has 4 aliphatic heterocycles. The summed E-state index contributed by atoms with van der Waals surface area (Å²) < 4.78 is 62.5. The van der Waals surface area contributed by atoms with Crippen molar-refractivity contribution in [3.05, 3.63) is 0 Å². The van der Waals surface area contributed by atoms with Crippen molar-refractivity contribution in [2.75, 3.05) is 26.9 Å². The summed E-state index contributed by atoms with van der Waals surface area (Å²) >= 11 is 0. The molecule has 2 bridgehead atoms. The molecule has 0 aromatic carbocycles. The first kappa shape index (κ1) is 34.1. The average molecular weight is 621 g/mol. The van der Waals surface area contributed by atoms with Crippen LogP contribution < -0.4 is 0 Å². The Balaban J connectivity index is 2.21. The Morgan fingerprint density at radius 3 is 1.81 bits per heavy atom. The molecule has 10 atom stereocenters. The molecule has 0 N–H and O–H groups in total. The summed E-state index contributed by atoms with van der Waals surface area (Å²) in [6, 6.07) is 0. The molecule has 17 heteroatoms. The lowest BCUT2D eigenvalue weighted by Gasteiger charge is -2.53. The summed E-state index contributed by atoms with van der Waals surface area (Å²) in [6.45, 7) is 5.07. The normalized spacial score (nSPS) is 35.4. The highest BCUT2D eigenvalue weighted by molar-refractivity contribution is 5.69. The summed E-state index contributed by atoms with van der Waals surface area (Å²) in [4.78, 5) is 73.0. The van der Waals surface area contributed by atoms with Gasteiger partial charge in [-0.05, 0) is 0 Å². The van der Waals surface area contributed by atoms with E-state index in [4.69, 9.17) is 52.1 Å². The maximum Gasteiger partial charge on any atom is 0.303 e. The second-order valence-corrected chi connectivity index (χ2v) is 9.98. The fourth-order valence-corrected chi connectivity index (χ4v) is 5.18. The van der Waals surface area contributed by atoms with Gasteiger partial charge in [0.25, 0.3) is 0 Å². The molecule has 17 nitrogen and oxygen atoms in total. The Labute approximate surface area is 246 Å². The van der Waals surface area contributed by atoms with Crippen molar-refractivity contribution in [3.63, 3.8) is 0 Å². The van der Waals surface area contributed by atoms with E-state index in [1.54, 1.807) is 0 Å². The van der Waals surface area contributed by atoms with E-state index in [1.807, 2.05) is 0 Å². The second-order valence-electron chi connectivity index (χ2n) is 9.98. The van der Waals surface area contributed by atoms with Crippen LogP contribution in [-0.2, 0) is 80.9 Å². The molecule has 43 heavy (non-hydrogen) atoms. The van der Waals surface area contributed by atoms with Crippen LogP contribution >= 0.6 is 0 Å². The molecule has 4 saturated heterocycles. The molecule has 0 spiro atoms. The minimum atomic E-state index is -2.04. The molecule has 4 heterocycles. The van der Waals surface area contributed by atoms with Crippen molar-refractivity contribution < 1.29 is 80.9 Å². The van der Waals surface area contributed by atoms with Crippen LogP contribution in [0.4, 0.5) is 0 Å². The molecule has 0 saturated carbocycles. The van der Waals surface area contributed by atoms with Crippen LogP contribution in [0, 0.1) is 0 Å². The Hall–Kier alpha value is -3.38. The van der Waals surface area contributed by atoms with Gasteiger partial charge in [-0.2, -0.15) is 0 Å². The molecule has 4 rings (SSSR count). The molecular weight excluding hydrogens is 584 g/mol. The Kier molecular flexibility index (Phi) is 11.4. The molecule has 0 aromatic rings. The zero-order valence-corrected chi connectivity index (χ0v) is 24.8. The lowest BCUT2D eigenvalue weighted by atomic mass is 9.83. The topological polar surface area (TPSA) is 204 Å². The van der Waals surface area contributed by atoms with E-state index in [-0.39, 0.29) is 0 Å². The zero-order chi connectivity index (χ0) is 32.1. The van der Waals surface area contributed by atoms with Gasteiger partial charge in [0.2, 0.25) is 5.60 Å². The number of methoxy groups -OCH3 is 1. The van der Waals surface area contributed by atoms with Crippen molar-refractivity contribution >= 4 is 35.8 Å². The molecule has 4 aliphatic rings. The van der Waals surface area contributed by atoms with Crippen LogP contribution in [0.25, 0.3) is 0 Å². The third kappa shape index (κ3) is 8.17. The van der Waals surface area contributed by atoms with Gasteiger partial charge >= 0.3 is 35.8 Å². The van der Waals surface area contributed by atoms with Gasteiger partial charge in [0.1, 0.15) is 24.9 Å². The summed E-state index contributed by atoms with van der Waals surface area (Å²) in [6.07, 6.45) is -12.7. The van der Waals surface area contributed by atoms with E-state index < -0.39 is 117 Å². The van der Waals surface area contributed by atoms with Crippen molar-refractivity contribution in [1.29, 1.82) is 0 Å². The summed E-state index contributed by atoms with van der Waals surface area (Å²) in [5.41, 5.74) is -2.04. The first-order valence-corrected chi connectivity index (χ1v) is 13.3. The Morgan fingerprint density at radius 2 is 1.28 bits per heavy atom. The fraction of sp³-hybridized carbons (Fsp3) is 0.769. The molecule has 0 aliphatic carbocycles. The number of carbonyl (C=O) groups is 6. The van der Waals surface area contributed by atoms with E-state index in [2.05, 4.69) is 0 Å². The van der Waals surface area contributed by atoms with Gasteiger partial charge in [0.15, 0.2) is 37.0 Å². The minimum absolute atomic E-state index is 0.401. The highest BCUT2D eigenvalue weighted by Gasteiger charge is 2.64. The Morgan fingerprint density at radius 1 is 0.698 bits per heavy atom. The van der Waals surface area contributed by atoms with Gasteiger partial charge in [-0.15, -0.1) is 0 Å². The largest absolute Gasteiger partial charge is 0.463 e. The monoisotopic (exact) mass is 620 g/mol. The maximum atomic E-state index is 12.4. The predicted octanol–water partition coefficient (Wildman–Crippen LogP) is -0.910. The number of hydrogen-bond acceptors (Lipinski definition) is 17. The van der Waals surface area contributed by atoms with Gasteiger partial charge < -0.3 is 52.1 Å². The highest BCUT2D eigenvalue weighted by Crippen LogP contribution is 2.41. The molecule has 4 fully saturated rings. The number of hydrogen-bond donors (Lipinski definition) is 0.